The summed E-state index contributed by atoms with van der Waals surface area (Å²) in [6.45, 7) is 4.00. The highest BCUT2D eigenvalue weighted by atomic mass is 19.4. The zero-order chi connectivity index (χ0) is 19.9. The number of aliphatic carboxylic acids is 1. The van der Waals surface area contributed by atoms with Crippen molar-refractivity contribution in [3.8, 4) is 0 Å². The van der Waals surface area contributed by atoms with Gasteiger partial charge in [0, 0.05) is 13.0 Å². The van der Waals surface area contributed by atoms with E-state index in [0.29, 0.717) is 6.42 Å². The van der Waals surface area contributed by atoms with Gasteiger partial charge in [0.05, 0.1) is 11.6 Å². The number of carbonyl (C=O) groups is 2. The van der Waals surface area contributed by atoms with Gasteiger partial charge in [-0.25, -0.2) is 0 Å². The van der Waals surface area contributed by atoms with Crippen LogP contribution in [-0.4, -0.2) is 29.6 Å². The number of hydrogen-bond donors (Lipinski definition) is 3. The third-order valence-electron chi connectivity index (χ3n) is 3.93. The van der Waals surface area contributed by atoms with Crippen molar-refractivity contribution in [1.82, 2.24) is 5.32 Å². The predicted molar refractivity (Wildman–Crippen MR) is 91.3 cm³/mol. The first-order valence-corrected chi connectivity index (χ1v) is 8.40. The van der Waals surface area contributed by atoms with Crippen molar-refractivity contribution in [2.24, 2.45) is 17.6 Å². The molecular formula is C18H25F3N2O3. The molecule has 1 rings (SSSR count). The van der Waals surface area contributed by atoms with Gasteiger partial charge in [-0.2, -0.15) is 13.2 Å². The first-order valence-electron chi connectivity index (χ1n) is 8.40. The zero-order valence-corrected chi connectivity index (χ0v) is 14.8. The second-order valence-electron chi connectivity index (χ2n) is 6.80. The molecule has 0 radical (unpaired) electrons. The molecule has 0 aliphatic heterocycles. The van der Waals surface area contributed by atoms with Crippen LogP contribution in [0.5, 0.6) is 0 Å². The summed E-state index contributed by atoms with van der Waals surface area (Å²) in [4.78, 5) is 23.0. The van der Waals surface area contributed by atoms with Crippen LogP contribution in [0.25, 0.3) is 0 Å². The van der Waals surface area contributed by atoms with E-state index >= 15 is 0 Å². The Kier molecular flexibility index (Phi) is 8.08. The summed E-state index contributed by atoms with van der Waals surface area (Å²) in [5.41, 5.74) is 4.89. The SMILES string of the molecule is CC(C)C[C@H](CNC(=O)[C@H](N)Cc1ccccc1C(F)(F)F)CC(=O)O. The lowest BCUT2D eigenvalue weighted by Crippen LogP contribution is -2.44. The normalized spacial score (nSPS) is 14.1. The Hall–Kier alpha value is -2.09. The summed E-state index contributed by atoms with van der Waals surface area (Å²) in [6, 6.07) is 3.83. The Bertz CT molecular complexity index is 618. The van der Waals surface area contributed by atoms with E-state index in [2.05, 4.69) is 5.32 Å². The second kappa shape index (κ2) is 9.56. The average molecular weight is 374 g/mol. The number of rotatable bonds is 9. The number of carboxylic acids is 1. The lowest BCUT2D eigenvalue weighted by molar-refractivity contribution is -0.139. The van der Waals surface area contributed by atoms with Crippen LogP contribution < -0.4 is 11.1 Å². The van der Waals surface area contributed by atoms with E-state index < -0.39 is 29.7 Å². The molecule has 5 nitrogen and oxygen atoms in total. The number of alkyl halides is 3. The maximum absolute atomic E-state index is 13.0. The minimum absolute atomic E-state index is 0.0492. The molecule has 0 bridgehead atoms. The maximum atomic E-state index is 13.0. The molecule has 4 N–H and O–H groups in total. The largest absolute Gasteiger partial charge is 0.481 e. The zero-order valence-electron chi connectivity index (χ0n) is 14.8. The number of nitrogens with one attached hydrogen (secondary N) is 1. The lowest BCUT2D eigenvalue weighted by atomic mass is 9.94. The second-order valence-corrected chi connectivity index (χ2v) is 6.80. The van der Waals surface area contributed by atoms with Crippen LogP contribution in [0.3, 0.4) is 0 Å². The number of carboxylic acid groups (broad SMARTS) is 1. The van der Waals surface area contributed by atoms with E-state index in [1.807, 2.05) is 13.8 Å². The summed E-state index contributed by atoms with van der Waals surface area (Å²) in [5.74, 6) is -1.57. The van der Waals surface area contributed by atoms with E-state index in [1.54, 1.807) is 0 Å². The molecular weight excluding hydrogens is 349 g/mol. The molecule has 1 amide bonds. The molecule has 0 unspecified atom stereocenters. The van der Waals surface area contributed by atoms with Gasteiger partial charge in [0.15, 0.2) is 0 Å². The molecule has 1 aromatic rings. The summed E-state index contributed by atoms with van der Waals surface area (Å²) < 4.78 is 39.0. The molecule has 146 valence electrons. The molecule has 0 fully saturated rings. The minimum atomic E-state index is -4.52. The molecule has 0 saturated heterocycles. The molecule has 0 aromatic heterocycles. The number of amides is 1. The van der Waals surface area contributed by atoms with Crippen LogP contribution in [0.15, 0.2) is 24.3 Å². The summed E-state index contributed by atoms with van der Waals surface area (Å²) in [7, 11) is 0. The molecule has 2 atom stereocenters. The van der Waals surface area contributed by atoms with Crippen LogP contribution in [-0.2, 0) is 22.2 Å². The number of carbonyl (C=O) groups excluding carboxylic acids is 1. The Balaban J connectivity index is 2.69. The van der Waals surface area contributed by atoms with Gasteiger partial charge in [-0.1, -0.05) is 32.0 Å². The standard InChI is InChI=1S/C18H25F3N2O3/c1-11(2)7-12(8-16(24)25)10-23-17(26)15(22)9-13-5-3-4-6-14(13)18(19,20)21/h3-6,11-12,15H,7-10,22H2,1-2H3,(H,23,26)(H,24,25)/t12-,15+/m0/s1. The van der Waals surface area contributed by atoms with Crippen LogP contribution in [0.1, 0.15) is 37.8 Å². The molecule has 0 saturated carbocycles. The van der Waals surface area contributed by atoms with Gasteiger partial charge in [-0.15, -0.1) is 0 Å². The lowest BCUT2D eigenvalue weighted by Gasteiger charge is -2.20. The Morgan fingerprint density at radius 3 is 2.38 bits per heavy atom. The van der Waals surface area contributed by atoms with E-state index in [9.17, 15) is 22.8 Å². The van der Waals surface area contributed by atoms with Crippen molar-refractivity contribution in [2.45, 2.75) is 45.3 Å². The molecule has 0 spiro atoms. The van der Waals surface area contributed by atoms with E-state index in [-0.39, 0.29) is 36.8 Å². The first kappa shape index (κ1) is 22.0. The molecule has 26 heavy (non-hydrogen) atoms. The first-order chi connectivity index (χ1) is 12.0. The summed E-state index contributed by atoms with van der Waals surface area (Å²) in [5, 5.41) is 11.5. The topological polar surface area (TPSA) is 92.4 Å². The molecule has 0 aliphatic carbocycles. The van der Waals surface area contributed by atoms with Crippen LogP contribution >= 0.6 is 0 Å². The highest BCUT2D eigenvalue weighted by Crippen LogP contribution is 2.32. The Morgan fingerprint density at radius 1 is 1.23 bits per heavy atom. The minimum Gasteiger partial charge on any atom is -0.481 e. The van der Waals surface area contributed by atoms with Crippen molar-refractivity contribution in [1.29, 1.82) is 0 Å². The molecule has 8 heteroatoms. The number of benzene rings is 1. The van der Waals surface area contributed by atoms with Crippen molar-refractivity contribution < 1.29 is 27.9 Å². The number of halogens is 3. The van der Waals surface area contributed by atoms with Gasteiger partial charge in [0.1, 0.15) is 0 Å². The van der Waals surface area contributed by atoms with Crippen molar-refractivity contribution >= 4 is 11.9 Å². The monoisotopic (exact) mass is 374 g/mol. The van der Waals surface area contributed by atoms with E-state index in [4.69, 9.17) is 10.8 Å². The average Bonchev–Trinajstić information content (AvgIpc) is 2.50. The molecule has 1 aromatic carbocycles. The van der Waals surface area contributed by atoms with Crippen molar-refractivity contribution in [3.05, 3.63) is 35.4 Å². The van der Waals surface area contributed by atoms with Crippen molar-refractivity contribution in [2.75, 3.05) is 6.54 Å². The van der Waals surface area contributed by atoms with Gasteiger partial charge < -0.3 is 16.2 Å². The quantitative estimate of drug-likeness (QED) is 0.620. The fraction of sp³-hybridized carbons (Fsp3) is 0.556. The van der Waals surface area contributed by atoms with Crippen LogP contribution in [0, 0.1) is 11.8 Å². The van der Waals surface area contributed by atoms with Gasteiger partial charge in [-0.3, -0.25) is 9.59 Å². The predicted octanol–water partition coefficient (Wildman–Crippen LogP) is 2.83. The third-order valence-corrected chi connectivity index (χ3v) is 3.93. The Labute approximate surface area is 150 Å². The highest BCUT2D eigenvalue weighted by molar-refractivity contribution is 5.82. The highest BCUT2D eigenvalue weighted by Gasteiger charge is 2.33. The van der Waals surface area contributed by atoms with Crippen LogP contribution in [0.2, 0.25) is 0 Å². The Morgan fingerprint density at radius 2 is 1.85 bits per heavy atom. The van der Waals surface area contributed by atoms with Crippen LogP contribution in [0.4, 0.5) is 13.2 Å². The van der Waals surface area contributed by atoms with E-state index in [1.165, 1.54) is 18.2 Å². The van der Waals surface area contributed by atoms with Gasteiger partial charge in [-0.05, 0) is 36.3 Å². The van der Waals surface area contributed by atoms with Crippen molar-refractivity contribution in [3.63, 3.8) is 0 Å². The fourth-order valence-corrected chi connectivity index (χ4v) is 2.83. The summed E-state index contributed by atoms with van der Waals surface area (Å²) >= 11 is 0. The van der Waals surface area contributed by atoms with Gasteiger partial charge in [0.2, 0.25) is 5.91 Å². The number of hydrogen-bond acceptors (Lipinski definition) is 3. The molecule has 0 heterocycles. The summed E-state index contributed by atoms with van der Waals surface area (Å²) in [6.07, 6.45) is -4.25. The number of nitrogens with two attached hydrogens (primary N) is 1. The van der Waals surface area contributed by atoms with Gasteiger partial charge in [0.25, 0.3) is 0 Å². The van der Waals surface area contributed by atoms with Gasteiger partial charge >= 0.3 is 12.1 Å². The maximum Gasteiger partial charge on any atom is 0.416 e. The molecule has 0 aliphatic rings. The van der Waals surface area contributed by atoms with E-state index in [0.717, 1.165) is 6.07 Å². The smallest absolute Gasteiger partial charge is 0.416 e. The fourth-order valence-electron chi connectivity index (χ4n) is 2.83. The third kappa shape index (κ3) is 7.43.